The molecule has 2 aromatic heterocycles. The molecule has 1 unspecified atom stereocenters. The molecule has 0 aliphatic heterocycles. The minimum Gasteiger partial charge on any atom is -0.345 e. The third-order valence-electron chi connectivity index (χ3n) is 4.83. The van der Waals surface area contributed by atoms with Gasteiger partial charge in [0.25, 0.3) is 5.91 Å². The van der Waals surface area contributed by atoms with Gasteiger partial charge >= 0.3 is 0 Å². The Labute approximate surface area is 164 Å². The Hall–Kier alpha value is -3.53. The van der Waals surface area contributed by atoms with E-state index in [4.69, 9.17) is 4.98 Å². The lowest BCUT2D eigenvalue weighted by Gasteiger charge is -2.16. The quantitative estimate of drug-likeness (QED) is 0.546. The fraction of sp³-hybridized carbons (Fsp3) is 0.125. The number of rotatable bonds is 4. The number of aromatic nitrogens is 2. The van der Waals surface area contributed by atoms with Crippen LogP contribution in [0.5, 0.6) is 0 Å². The summed E-state index contributed by atoms with van der Waals surface area (Å²) in [6, 6.07) is 21.5. The molecule has 0 fully saturated rings. The van der Waals surface area contributed by atoms with Gasteiger partial charge in [-0.3, -0.25) is 9.78 Å². The van der Waals surface area contributed by atoms with E-state index in [1.54, 1.807) is 12.4 Å². The third kappa shape index (κ3) is 3.62. The van der Waals surface area contributed by atoms with Crippen LogP contribution in [-0.4, -0.2) is 15.9 Å². The van der Waals surface area contributed by atoms with E-state index in [0.29, 0.717) is 5.56 Å². The van der Waals surface area contributed by atoms with Crippen LogP contribution < -0.4 is 5.32 Å². The highest BCUT2D eigenvalue weighted by atomic mass is 16.1. The van der Waals surface area contributed by atoms with Crippen LogP contribution in [0.15, 0.2) is 79.1 Å². The Morgan fingerprint density at radius 2 is 1.71 bits per heavy atom. The molecule has 28 heavy (non-hydrogen) atoms. The van der Waals surface area contributed by atoms with Gasteiger partial charge in [0.1, 0.15) is 0 Å². The number of fused-ring (bicyclic) bond motifs is 1. The molecule has 0 aliphatic rings. The molecule has 138 valence electrons. The average molecular weight is 367 g/mol. The van der Waals surface area contributed by atoms with Gasteiger partial charge in [-0.05, 0) is 49.7 Å². The van der Waals surface area contributed by atoms with E-state index in [1.807, 2.05) is 80.6 Å². The zero-order valence-electron chi connectivity index (χ0n) is 15.9. The van der Waals surface area contributed by atoms with Crippen molar-refractivity contribution in [3.05, 3.63) is 95.8 Å². The number of carbonyl (C=O) groups is 1. The largest absolute Gasteiger partial charge is 0.345 e. The second-order valence-corrected chi connectivity index (χ2v) is 6.92. The zero-order chi connectivity index (χ0) is 19.5. The van der Waals surface area contributed by atoms with Gasteiger partial charge in [0.15, 0.2) is 0 Å². The van der Waals surface area contributed by atoms with E-state index in [1.165, 1.54) is 0 Å². The molecule has 4 aromatic rings. The predicted molar refractivity (Wildman–Crippen MR) is 112 cm³/mol. The van der Waals surface area contributed by atoms with E-state index < -0.39 is 0 Å². The molecule has 4 nitrogen and oxygen atoms in total. The van der Waals surface area contributed by atoms with E-state index in [2.05, 4.69) is 10.3 Å². The Kier molecular flexibility index (Phi) is 4.85. The summed E-state index contributed by atoms with van der Waals surface area (Å²) in [7, 11) is 0. The van der Waals surface area contributed by atoms with Crippen molar-refractivity contribution in [2.45, 2.75) is 19.9 Å². The van der Waals surface area contributed by atoms with Gasteiger partial charge in [0, 0.05) is 23.3 Å². The van der Waals surface area contributed by atoms with E-state index in [-0.39, 0.29) is 11.9 Å². The maximum absolute atomic E-state index is 13.2. The Balaban J connectivity index is 1.77. The predicted octanol–water partition coefficient (Wildman–Crippen LogP) is 5.10. The number of benzene rings is 2. The maximum Gasteiger partial charge on any atom is 0.252 e. The fourth-order valence-corrected chi connectivity index (χ4v) is 3.30. The minimum absolute atomic E-state index is 0.0916. The molecule has 0 bridgehead atoms. The van der Waals surface area contributed by atoms with E-state index in [0.717, 1.165) is 33.3 Å². The number of nitrogens with one attached hydrogen (secondary N) is 1. The first-order valence-electron chi connectivity index (χ1n) is 9.29. The second kappa shape index (κ2) is 7.61. The Morgan fingerprint density at radius 1 is 0.964 bits per heavy atom. The fourth-order valence-electron chi connectivity index (χ4n) is 3.30. The highest BCUT2D eigenvalue weighted by Gasteiger charge is 2.17. The highest BCUT2D eigenvalue weighted by Crippen LogP contribution is 2.26. The van der Waals surface area contributed by atoms with Crippen molar-refractivity contribution in [2.75, 3.05) is 0 Å². The van der Waals surface area contributed by atoms with Crippen molar-refractivity contribution < 1.29 is 4.79 Å². The number of aryl methyl sites for hydroxylation is 1. The molecule has 1 amide bonds. The molecule has 2 heterocycles. The van der Waals surface area contributed by atoms with E-state index >= 15 is 0 Å². The number of amides is 1. The molecule has 1 atom stereocenters. The molecule has 0 saturated heterocycles. The van der Waals surface area contributed by atoms with Crippen molar-refractivity contribution in [3.63, 3.8) is 0 Å². The van der Waals surface area contributed by atoms with Crippen LogP contribution >= 0.6 is 0 Å². The first-order valence-corrected chi connectivity index (χ1v) is 9.29. The van der Waals surface area contributed by atoms with Crippen molar-refractivity contribution in [3.8, 4) is 11.3 Å². The minimum atomic E-state index is -0.107. The molecule has 0 saturated carbocycles. The molecular formula is C24H21N3O. The molecule has 4 heteroatoms. The monoisotopic (exact) mass is 367 g/mol. The molecule has 2 aromatic carbocycles. The number of carbonyl (C=O) groups excluding carboxylic acids is 1. The summed E-state index contributed by atoms with van der Waals surface area (Å²) in [6.45, 7) is 4.01. The number of pyridine rings is 2. The lowest BCUT2D eigenvalue weighted by atomic mass is 10.0. The van der Waals surface area contributed by atoms with Gasteiger partial charge in [0.2, 0.25) is 0 Å². The summed E-state index contributed by atoms with van der Waals surface area (Å²) in [5.74, 6) is -0.107. The van der Waals surface area contributed by atoms with Crippen LogP contribution in [-0.2, 0) is 0 Å². The summed E-state index contributed by atoms with van der Waals surface area (Å²) < 4.78 is 0. The smallest absolute Gasteiger partial charge is 0.252 e. The van der Waals surface area contributed by atoms with Gasteiger partial charge in [0.05, 0.1) is 22.8 Å². The van der Waals surface area contributed by atoms with Crippen LogP contribution in [0.25, 0.3) is 22.2 Å². The second-order valence-electron chi connectivity index (χ2n) is 6.92. The van der Waals surface area contributed by atoms with Crippen LogP contribution in [0.4, 0.5) is 0 Å². The summed E-state index contributed by atoms with van der Waals surface area (Å²) >= 11 is 0. The topological polar surface area (TPSA) is 54.9 Å². The van der Waals surface area contributed by atoms with Crippen molar-refractivity contribution in [2.24, 2.45) is 0 Å². The van der Waals surface area contributed by atoms with Crippen molar-refractivity contribution in [1.29, 1.82) is 0 Å². The maximum atomic E-state index is 13.2. The molecule has 4 rings (SSSR count). The number of nitrogens with zero attached hydrogens (tertiary/aromatic N) is 2. The van der Waals surface area contributed by atoms with Gasteiger partial charge in [-0.2, -0.15) is 0 Å². The molecule has 0 aliphatic carbocycles. The summed E-state index contributed by atoms with van der Waals surface area (Å²) in [4.78, 5) is 22.0. The zero-order valence-corrected chi connectivity index (χ0v) is 15.9. The molecular weight excluding hydrogens is 346 g/mol. The first-order chi connectivity index (χ1) is 13.6. The van der Waals surface area contributed by atoms with Gasteiger partial charge in [-0.25, -0.2) is 4.98 Å². The van der Waals surface area contributed by atoms with Crippen LogP contribution in [0.2, 0.25) is 0 Å². The molecule has 1 N–H and O–H groups in total. The van der Waals surface area contributed by atoms with Gasteiger partial charge in [-0.1, -0.05) is 42.0 Å². The molecule has 0 radical (unpaired) electrons. The first kappa shape index (κ1) is 17.9. The van der Waals surface area contributed by atoms with E-state index in [9.17, 15) is 4.79 Å². The van der Waals surface area contributed by atoms with Crippen LogP contribution in [0.3, 0.4) is 0 Å². The Bertz CT molecular complexity index is 1120. The molecule has 0 spiro atoms. The third-order valence-corrected chi connectivity index (χ3v) is 4.83. The SMILES string of the molecule is Cc1ccc2nc(-c3ccncc3)cc(C(=O)NC(C)c3ccccc3)c2c1. The summed E-state index contributed by atoms with van der Waals surface area (Å²) in [6.07, 6.45) is 3.46. The van der Waals surface area contributed by atoms with Crippen molar-refractivity contribution >= 4 is 16.8 Å². The number of hydrogen-bond acceptors (Lipinski definition) is 3. The lowest BCUT2D eigenvalue weighted by Crippen LogP contribution is -2.27. The highest BCUT2D eigenvalue weighted by molar-refractivity contribution is 6.07. The van der Waals surface area contributed by atoms with Crippen LogP contribution in [0, 0.1) is 6.92 Å². The standard InChI is InChI=1S/C24H21N3O/c1-16-8-9-22-20(14-16)21(15-23(27-22)19-10-12-25-13-11-19)24(28)26-17(2)18-6-4-3-5-7-18/h3-15,17H,1-2H3,(H,26,28). The van der Waals surface area contributed by atoms with Gasteiger partial charge < -0.3 is 5.32 Å². The van der Waals surface area contributed by atoms with Gasteiger partial charge in [-0.15, -0.1) is 0 Å². The normalized spacial score (nSPS) is 11.9. The lowest BCUT2D eigenvalue weighted by molar-refractivity contribution is 0.0941. The number of hydrogen-bond donors (Lipinski definition) is 1. The van der Waals surface area contributed by atoms with Crippen LogP contribution in [0.1, 0.15) is 34.5 Å². The van der Waals surface area contributed by atoms with Crippen molar-refractivity contribution in [1.82, 2.24) is 15.3 Å². The summed E-state index contributed by atoms with van der Waals surface area (Å²) in [5.41, 5.74) is 5.29. The Morgan fingerprint density at radius 3 is 2.46 bits per heavy atom. The summed E-state index contributed by atoms with van der Waals surface area (Å²) in [5, 5.41) is 3.98. The average Bonchev–Trinajstić information content (AvgIpc) is 2.74.